The van der Waals surface area contributed by atoms with Gasteiger partial charge in [0.15, 0.2) is 11.6 Å². The number of halogens is 2. The van der Waals surface area contributed by atoms with Gasteiger partial charge in [0.05, 0.1) is 12.7 Å². The number of esters is 1. The van der Waals surface area contributed by atoms with Gasteiger partial charge in [-0.25, -0.2) is 13.6 Å². The maximum Gasteiger partial charge on any atom is 0.337 e. The van der Waals surface area contributed by atoms with Crippen molar-refractivity contribution in [2.45, 2.75) is 13.1 Å². The number of methoxy groups -OCH3 is 1. The number of hydrogen-bond acceptors (Lipinski definition) is 4. The van der Waals surface area contributed by atoms with Gasteiger partial charge >= 0.3 is 5.97 Å². The van der Waals surface area contributed by atoms with Crippen molar-refractivity contribution in [2.24, 2.45) is 0 Å². The zero-order valence-corrected chi connectivity index (χ0v) is 19.5. The lowest BCUT2D eigenvalue weighted by atomic mass is 10.1. The first-order valence-electron chi connectivity index (χ1n) is 11.2. The van der Waals surface area contributed by atoms with E-state index in [1.54, 1.807) is 78.9 Å². The Balaban J connectivity index is 1.56. The highest BCUT2D eigenvalue weighted by molar-refractivity contribution is 5.94. The number of ether oxygens (including phenoxy) is 2. The average Bonchev–Trinajstić information content (AvgIpc) is 2.91. The Labute approximate surface area is 207 Å². The van der Waals surface area contributed by atoms with Gasteiger partial charge in [-0.3, -0.25) is 4.79 Å². The first-order chi connectivity index (χ1) is 17.4. The van der Waals surface area contributed by atoms with Crippen molar-refractivity contribution in [1.29, 1.82) is 0 Å². The summed E-state index contributed by atoms with van der Waals surface area (Å²) in [6, 6.07) is 25.3. The molecule has 0 radical (unpaired) electrons. The first kappa shape index (κ1) is 24.6. The standard InChI is InChI=1S/C29H23F2NO4/c1-35-29(34)22-12-10-20(11-13-22)18-32(19-23-6-2-3-7-25(23)30)28(33)21-14-16-24(17-15-21)36-27-9-5-4-8-26(27)31/h2-17H,18-19H2,1H3. The summed E-state index contributed by atoms with van der Waals surface area (Å²) in [6.45, 7) is 0.222. The van der Waals surface area contributed by atoms with Gasteiger partial charge in [0, 0.05) is 24.2 Å². The summed E-state index contributed by atoms with van der Waals surface area (Å²) in [6.07, 6.45) is 0. The Morgan fingerprint density at radius 2 is 1.33 bits per heavy atom. The molecule has 0 spiro atoms. The molecular weight excluding hydrogens is 464 g/mol. The van der Waals surface area contributed by atoms with Gasteiger partial charge < -0.3 is 14.4 Å². The number of para-hydroxylation sites is 1. The Hall–Kier alpha value is -4.52. The third kappa shape index (κ3) is 5.93. The molecule has 4 aromatic carbocycles. The number of carbonyl (C=O) groups excluding carboxylic acids is 2. The highest BCUT2D eigenvalue weighted by Crippen LogP contribution is 2.25. The summed E-state index contributed by atoms with van der Waals surface area (Å²) in [5.74, 6) is -1.24. The normalized spacial score (nSPS) is 10.5. The summed E-state index contributed by atoms with van der Waals surface area (Å²) in [7, 11) is 1.30. The fourth-order valence-electron chi connectivity index (χ4n) is 3.62. The van der Waals surface area contributed by atoms with Crippen molar-refractivity contribution in [3.8, 4) is 11.5 Å². The molecule has 0 saturated carbocycles. The molecule has 1 amide bonds. The molecular formula is C29H23F2NO4. The van der Waals surface area contributed by atoms with E-state index in [0.29, 0.717) is 22.4 Å². The van der Waals surface area contributed by atoms with Crippen LogP contribution in [0.1, 0.15) is 31.8 Å². The molecule has 36 heavy (non-hydrogen) atoms. The van der Waals surface area contributed by atoms with Crippen LogP contribution in [0.5, 0.6) is 11.5 Å². The zero-order valence-electron chi connectivity index (χ0n) is 19.5. The van der Waals surface area contributed by atoms with Gasteiger partial charge in [0.2, 0.25) is 0 Å². The molecule has 5 nitrogen and oxygen atoms in total. The molecule has 182 valence electrons. The molecule has 0 heterocycles. The third-order valence-electron chi connectivity index (χ3n) is 5.52. The summed E-state index contributed by atoms with van der Waals surface area (Å²) in [5.41, 5.74) is 1.88. The lowest BCUT2D eigenvalue weighted by Gasteiger charge is -2.24. The van der Waals surface area contributed by atoms with E-state index in [0.717, 1.165) is 5.56 Å². The number of carbonyl (C=O) groups is 2. The Morgan fingerprint density at radius 1 is 0.722 bits per heavy atom. The molecule has 0 fully saturated rings. The molecule has 0 aliphatic heterocycles. The van der Waals surface area contributed by atoms with E-state index >= 15 is 0 Å². The zero-order chi connectivity index (χ0) is 25.5. The van der Waals surface area contributed by atoms with Crippen LogP contribution in [0.2, 0.25) is 0 Å². The van der Waals surface area contributed by atoms with Crippen molar-refractivity contribution >= 4 is 11.9 Å². The Bertz CT molecular complexity index is 1350. The van der Waals surface area contributed by atoms with Crippen molar-refractivity contribution in [2.75, 3.05) is 7.11 Å². The molecule has 0 atom stereocenters. The van der Waals surface area contributed by atoms with E-state index in [-0.39, 0.29) is 24.7 Å². The predicted molar refractivity (Wildman–Crippen MR) is 131 cm³/mol. The van der Waals surface area contributed by atoms with E-state index < -0.39 is 17.6 Å². The van der Waals surface area contributed by atoms with Crippen LogP contribution in [-0.2, 0) is 17.8 Å². The molecule has 0 unspecified atom stereocenters. The molecule has 0 saturated heterocycles. The molecule has 7 heteroatoms. The molecule has 4 rings (SSSR count). The van der Waals surface area contributed by atoms with E-state index in [9.17, 15) is 18.4 Å². The Morgan fingerprint density at radius 3 is 1.97 bits per heavy atom. The summed E-state index contributed by atoms with van der Waals surface area (Å²) in [5, 5.41) is 0. The number of amides is 1. The molecule has 0 aromatic heterocycles. The van der Waals surface area contributed by atoms with Crippen LogP contribution in [0.15, 0.2) is 97.1 Å². The van der Waals surface area contributed by atoms with Gasteiger partial charge in [-0.05, 0) is 60.2 Å². The van der Waals surface area contributed by atoms with Crippen LogP contribution >= 0.6 is 0 Å². The minimum atomic E-state index is -0.494. The van der Waals surface area contributed by atoms with Gasteiger partial charge in [0.1, 0.15) is 11.6 Å². The van der Waals surface area contributed by atoms with Crippen molar-refractivity contribution in [1.82, 2.24) is 4.90 Å². The minimum Gasteiger partial charge on any atom is -0.465 e. The van der Waals surface area contributed by atoms with Crippen LogP contribution in [0.4, 0.5) is 8.78 Å². The summed E-state index contributed by atoms with van der Waals surface area (Å²) < 4.78 is 38.6. The Kier molecular flexibility index (Phi) is 7.70. The molecule has 0 aliphatic carbocycles. The highest BCUT2D eigenvalue weighted by atomic mass is 19.1. The second-order valence-corrected chi connectivity index (χ2v) is 8.00. The van der Waals surface area contributed by atoms with Gasteiger partial charge in [-0.1, -0.05) is 42.5 Å². The summed E-state index contributed by atoms with van der Waals surface area (Å²) >= 11 is 0. The molecule has 0 aliphatic rings. The number of hydrogen-bond donors (Lipinski definition) is 0. The SMILES string of the molecule is COC(=O)c1ccc(CN(Cc2ccccc2F)C(=O)c2ccc(Oc3ccccc3F)cc2)cc1. The maximum absolute atomic E-state index is 14.4. The van der Waals surface area contributed by atoms with E-state index in [2.05, 4.69) is 0 Å². The number of benzene rings is 4. The molecule has 0 bridgehead atoms. The fourth-order valence-corrected chi connectivity index (χ4v) is 3.62. The minimum absolute atomic E-state index is 0.0394. The lowest BCUT2D eigenvalue weighted by Crippen LogP contribution is -2.30. The van der Waals surface area contributed by atoms with Crippen LogP contribution < -0.4 is 4.74 Å². The van der Waals surface area contributed by atoms with Crippen LogP contribution in [0.3, 0.4) is 0 Å². The largest absolute Gasteiger partial charge is 0.465 e. The fraction of sp³-hybridized carbons (Fsp3) is 0.103. The second-order valence-electron chi connectivity index (χ2n) is 8.00. The van der Waals surface area contributed by atoms with E-state index in [4.69, 9.17) is 9.47 Å². The summed E-state index contributed by atoms with van der Waals surface area (Å²) in [4.78, 5) is 26.7. The van der Waals surface area contributed by atoms with Crippen molar-refractivity contribution in [3.05, 3.63) is 131 Å². The van der Waals surface area contributed by atoms with Crippen molar-refractivity contribution < 1.29 is 27.8 Å². The van der Waals surface area contributed by atoms with Crippen LogP contribution in [0, 0.1) is 11.6 Å². The second kappa shape index (κ2) is 11.3. The lowest BCUT2D eigenvalue weighted by molar-refractivity contribution is 0.0600. The van der Waals surface area contributed by atoms with Gasteiger partial charge in [-0.2, -0.15) is 0 Å². The third-order valence-corrected chi connectivity index (χ3v) is 5.52. The molecule has 4 aromatic rings. The highest BCUT2D eigenvalue weighted by Gasteiger charge is 2.19. The first-order valence-corrected chi connectivity index (χ1v) is 11.2. The van der Waals surface area contributed by atoms with Gasteiger partial charge in [-0.15, -0.1) is 0 Å². The van der Waals surface area contributed by atoms with Crippen LogP contribution in [-0.4, -0.2) is 23.9 Å². The monoisotopic (exact) mass is 487 g/mol. The van der Waals surface area contributed by atoms with E-state index in [1.807, 2.05) is 0 Å². The predicted octanol–water partition coefficient (Wildman–Crippen LogP) is 6.39. The average molecular weight is 488 g/mol. The smallest absolute Gasteiger partial charge is 0.337 e. The van der Waals surface area contributed by atoms with Crippen LogP contribution in [0.25, 0.3) is 0 Å². The molecule has 0 N–H and O–H groups in total. The topological polar surface area (TPSA) is 55.8 Å². The van der Waals surface area contributed by atoms with Gasteiger partial charge in [0.25, 0.3) is 5.91 Å². The maximum atomic E-state index is 14.4. The quantitative estimate of drug-likeness (QED) is 0.271. The van der Waals surface area contributed by atoms with Crippen molar-refractivity contribution in [3.63, 3.8) is 0 Å². The number of rotatable bonds is 8. The van der Waals surface area contributed by atoms with E-state index in [1.165, 1.54) is 30.2 Å². The number of nitrogens with zero attached hydrogens (tertiary/aromatic N) is 1.